The highest BCUT2D eigenvalue weighted by atomic mass is 15.3. The minimum atomic E-state index is 0.699. The summed E-state index contributed by atoms with van der Waals surface area (Å²) in [5, 5.41) is 7.63. The Kier molecular flexibility index (Phi) is 2.13. The summed E-state index contributed by atoms with van der Waals surface area (Å²) in [6.07, 6.45) is 5.42. The van der Waals surface area contributed by atoms with E-state index in [0.29, 0.717) is 5.92 Å². The molecule has 1 N–H and O–H groups in total. The molecule has 0 amide bonds. The van der Waals surface area contributed by atoms with Gasteiger partial charge in [-0.2, -0.15) is 5.10 Å². The molecule has 3 nitrogen and oxygen atoms in total. The maximum atomic E-state index is 4.27. The molecule has 0 aromatic carbocycles. The fourth-order valence-corrected chi connectivity index (χ4v) is 1.70. The molecule has 3 heteroatoms. The van der Waals surface area contributed by atoms with Crippen molar-refractivity contribution in [2.75, 3.05) is 13.1 Å². The quantitative estimate of drug-likeness (QED) is 0.708. The lowest BCUT2D eigenvalue weighted by atomic mass is 10.0. The molecule has 2 rings (SSSR count). The van der Waals surface area contributed by atoms with E-state index in [1.165, 1.54) is 12.0 Å². The molecule has 0 aliphatic carbocycles. The Morgan fingerprint density at radius 2 is 2.67 bits per heavy atom. The first-order valence-corrected chi connectivity index (χ1v) is 4.63. The van der Waals surface area contributed by atoms with Crippen molar-refractivity contribution in [2.24, 2.45) is 0 Å². The van der Waals surface area contributed by atoms with Gasteiger partial charge in [-0.1, -0.05) is 0 Å². The van der Waals surface area contributed by atoms with Gasteiger partial charge in [0.05, 0.1) is 6.20 Å². The first kappa shape index (κ1) is 7.80. The summed E-state index contributed by atoms with van der Waals surface area (Å²) in [6.45, 7) is 5.36. The third-order valence-corrected chi connectivity index (χ3v) is 2.51. The third-order valence-electron chi connectivity index (χ3n) is 2.51. The Bertz CT molecular complexity index is 248. The van der Waals surface area contributed by atoms with Crippen LogP contribution in [0, 0.1) is 0 Å². The summed E-state index contributed by atoms with van der Waals surface area (Å²) in [7, 11) is 0. The van der Waals surface area contributed by atoms with Crippen molar-refractivity contribution in [1.82, 2.24) is 15.1 Å². The van der Waals surface area contributed by atoms with Crippen LogP contribution in [0.25, 0.3) is 0 Å². The van der Waals surface area contributed by atoms with Crippen LogP contribution in [-0.2, 0) is 6.54 Å². The minimum Gasteiger partial charge on any atom is -0.316 e. The smallest absolute Gasteiger partial charge is 0.0525 e. The van der Waals surface area contributed by atoms with Gasteiger partial charge < -0.3 is 5.32 Å². The molecule has 1 aromatic heterocycles. The molecule has 0 saturated carbocycles. The van der Waals surface area contributed by atoms with E-state index in [4.69, 9.17) is 0 Å². The van der Waals surface area contributed by atoms with Crippen molar-refractivity contribution in [3.05, 3.63) is 18.0 Å². The van der Waals surface area contributed by atoms with Gasteiger partial charge in [0.1, 0.15) is 0 Å². The largest absolute Gasteiger partial charge is 0.316 e. The predicted molar refractivity (Wildman–Crippen MR) is 48.1 cm³/mol. The Morgan fingerprint density at radius 1 is 1.75 bits per heavy atom. The van der Waals surface area contributed by atoms with Gasteiger partial charge in [0.25, 0.3) is 0 Å². The monoisotopic (exact) mass is 165 g/mol. The van der Waals surface area contributed by atoms with Crippen molar-refractivity contribution < 1.29 is 0 Å². The van der Waals surface area contributed by atoms with Crippen LogP contribution >= 0.6 is 0 Å². The number of hydrogen-bond donors (Lipinski definition) is 1. The number of rotatable bonds is 2. The van der Waals surface area contributed by atoms with Crippen molar-refractivity contribution in [2.45, 2.75) is 25.8 Å². The van der Waals surface area contributed by atoms with Gasteiger partial charge in [-0.15, -0.1) is 0 Å². The summed E-state index contributed by atoms with van der Waals surface area (Å²) in [5.41, 5.74) is 1.39. The molecule has 2 heterocycles. The molecule has 0 radical (unpaired) electrons. The first-order valence-electron chi connectivity index (χ1n) is 4.63. The second-order valence-electron chi connectivity index (χ2n) is 3.32. The number of nitrogens with zero attached hydrogens (tertiary/aromatic N) is 2. The lowest BCUT2D eigenvalue weighted by molar-refractivity contribution is 0.657. The number of aryl methyl sites for hydroxylation is 1. The average Bonchev–Trinajstić information content (AvgIpc) is 2.75. The molecule has 12 heavy (non-hydrogen) atoms. The van der Waals surface area contributed by atoms with Crippen LogP contribution in [0.3, 0.4) is 0 Å². The fraction of sp³-hybridized carbons (Fsp3) is 0.667. The van der Waals surface area contributed by atoms with Crippen LogP contribution in [0.5, 0.6) is 0 Å². The Balaban J connectivity index is 2.11. The van der Waals surface area contributed by atoms with E-state index in [1.807, 2.05) is 10.9 Å². The molecule has 1 atom stereocenters. The van der Waals surface area contributed by atoms with Gasteiger partial charge in [-0.05, 0) is 25.5 Å². The van der Waals surface area contributed by atoms with Crippen LogP contribution < -0.4 is 5.32 Å². The van der Waals surface area contributed by atoms with Crippen molar-refractivity contribution in [1.29, 1.82) is 0 Å². The average molecular weight is 165 g/mol. The van der Waals surface area contributed by atoms with E-state index in [0.717, 1.165) is 19.6 Å². The van der Waals surface area contributed by atoms with E-state index in [2.05, 4.69) is 23.5 Å². The third kappa shape index (κ3) is 1.37. The summed E-state index contributed by atoms with van der Waals surface area (Å²) in [5.74, 6) is 0.699. The van der Waals surface area contributed by atoms with Gasteiger partial charge in [-0.25, -0.2) is 0 Å². The highest BCUT2D eigenvalue weighted by Gasteiger charge is 2.17. The van der Waals surface area contributed by atoms with Gasteiger partial charge >= 0.3 is 0 Å². The summed E-state index contributed by atoms with van der Waals surface area (Å²) in [4.78, 5) is 0. The van der Waals surface area contributed by atoms with Gasteiger partial charge in [-0.3, -0.25) is 4.68 Å². The van der Waals surface area contributed by atoms with Crippen LogP contribution in [0.4, 0.5) is 0 Å². The lowest BCUT2D eigenvalue weighted by Gasteiger charge is -2.02. The number of hydrogen-bond acceptors (Lipinski definition) is 2. The van der Waals surface area contributed by atoms with E-state index in [-0.39, 0.29) is 0 Å². The summed E-state index contributed by atoms with van der Waals surface area (Å²) >= 11 is 0. The Morgan fingerprint density at radius 3 is 3.25 bits per heavy atom. The molecule has 1 fully saturated rings. The highest BCUT2D eigenvalue weighted by molar-refractivity contribution is 5.13. The van der Waals surface area contributed by atoms with Gasteiger partial charge in [0, 0.05) is 25.2 Å². The minimum absolute atomic E-state index is 0.699. The Labute approximate surface area is 72.8 Å². The molecular formula is C9H15N3. The molecular weight excluding hydrogens is 150 g/mol. The summed E-state index contributed by atoms with van der Waals surface area (Å²) in [6, 6.07) is 0. The second-order valence-corrected chi connectivity index (χ2v) is 3.32. The van der Waals surface area contributed by atoms with Crippen molar-refractivity contribution in [3.8, 4) is 0 Å². The normalized spacial score (nSPS) is 23.2. The second kappa shape index (κ2) is 3.27. The standard InChI is InChI=1S/C9H15N3/c1-2-12-7-9(6-11-12)8-3-4-10-5-8/h6-8,10H,2-5H2,1H3. The fourth-order valence-electron chi connectivity index (χ4n) is 1.70. The van der Waals surface area contributed by atoms with Crippen molar-refractivity contribution >= 4 is 0 Å². The van der Waals surface area contributed by atoms with Crippen LogP contribution in [0.2, 0.25) is 0 Å². The zero-order valence-corrected chi connectivity index (χ0v) is 7.45. The zero-order valence-electron chi connectivity index (χ0n) is 7.45. The maximum absolute atomic E-state index is 4.27. The molecule has 1 unspecified atom stereocenters. The molecule has 1 aliphatic rings. The highest BCUT2D eigenvalue weighted by Crippen LogP contribution is 2.21. The predicted octanol–water partition coefficient (Wildman–Crippen LogP) is 0.980. The van der Waals surface area contributed by atoms with E-state index in [9.17, 15) is 0 Å². The topological polar surface area (TPSA) is 29.9 Å². The first-order chi connectivity index (χ1) is 5.90. The van der Waals surface area contributed by atoms with Crippen LogP contribution in [-0.4, -0.2) is 22.9 Å². The van der Waals surface area contributed by atoms with Crippen LogP contribution in [0.1, 0.15) is 24.8 Å². The summed E-state index contributed by atoms with van der Waals surface area (Å²) < 4.78 is 1.99. The molecule has 66 valence electrons. The van der Waals surface area contributed by atoms with Crippen LogP contribution in [0.15, 0.2) is 12.4 Å². The van der Waals surface area contributed by atoms with Gasteiger partial charge in [0.15, 0.2) is 0 Å². The van der Waals surface area contributed by atoms with Gasteiger partial charge in [0.2, 0.25) is 0 Å². The Hall–Kier alpha value is -0.830. The molecule has 1 saturated heterocycles. The molecule has 1 aromatic rings. The van der Waals surface area contributed by atoms with E-state index >= 15 is 0 Å². The molecule has 0 bridgehead atoms. The zero-order chi connectivity index (χ0) is 8.39. The van der Waals surface area contributed by atoms with Crippen molar-refractivity contribution in [3.63, 3.8) is 0 Å². The van der Waals surface area contributed by atoms with E-state index in [1.54, 1.807) is 0 Å². The van der Waals surface area contributed by atoms with E-state index < -0.39 is 0 Å². The lowest BCUT2D eigenvalue weighted by Crippen LogP contribution is -2.07. The SMILES string of the molecule is CCn1cc(C2CCNC2)cn1. The number of aromatic nitrogens is 2. The molecule has 1 aliphatic heterocycles. The molecule has 0 spiro atoms. The number of nitrogens with one attached hydrogen (secondary N) is 1. The maximum Gasteiger partial charge on any atom is 0.0525 e.